The summed E-state index contributed by atoms with van der Waals surface area (Å²) in [5.74, 6) is -0.337. The molecule has 2 aliphatic heterocycles. The Labute approximate surface area is 181 Å². The summed E-state index contributed by atoms with van der Waals surface area (Å²) >= 11 is 0. The van der Waals surface area contributed by atoms with Gasteiger partial charge in [0, 0.05) is 44.6 Å². The standard InChI is InChI=1S/C23H26N4O4/c28-21(10-12-27-22(29)9-11-24-23(27)30)26-13-14-31-20(16-26)19-8-4-7-18(25-19)15-17-5-2-1-3-6-17/h1-8,20H,9-16H2,(H,24,30). The van der Waals surface area contributed by atoms with Gasteiger partial charge in [0.15, 0.2) is 0 Å². The largest absolute Gasteiger partial charge is 0.368 e. The Morgan fingerprint density at radius 1 is 1.13 bits per heavy atom. The first-order valence-electron chi connectivity index (χ1n) is 10.6. The van der Waals surface area contributed by atoms with E-state index in [2.05, 4.69) is 17.4 Å². The molecule has 2 aliphatic rings. The van der Waals surface area contributed by atoms with Crippen molar-refractivity contribution in [2.24, 2.45) is 0 Å². The number of imide groups is 1. The second-order valence-electron chi connectivity index (χ2n) is 7.69. The number of benzene rings is 1. The zero-order chi connectivity index (χ0) is 21.6. The number of ether oxygens (including phenoxy) is 1. The lowest BCUT2D eigenvalue weighted by Crippen LogP contribution is -2.51. The normalized spacial score (nSPS) is 19.3. The van der Waals surface area contributed by atoms with E-state index in [0.29, 0.717) is 26.2 Å². The molecule has 0 spiro atoms. The maximum absolute atomic E-state index is 12.7. The van der Waals surface area contributed by atoms with Gasteiger partial charge in [-0.1, -0.05) is 36.4 Å². The minimum Gasteiger partial charge on any atom is -0.368 e. The number of carbonyl (C=O) groups excluding carboxylic acids is 3. The van der Waals surface area contributed by atoms with Gasteiger partial charge in [0.1, 0.15) is 6.10 Å². The summed E-state index contributed by atoms with van der Waals surface area (Å²) in [6, 6.07) is 15.6. The molecule has 8 nitrogen and oxygen atoms in total. The molecule has 4 rings (SSSR count). The predicted octanol–water partition coefficient (Wildman–Crippen LogP) is 1.90. The van der Waals surface area contributed by atoms with E-state index < -0.39 is 6.03 Å². The highest BCUT2D eigenvalue weighted by Gasteiger charge is 2.29. The fraction of sp³-hybridized carbons (Fsp3) is 0.391. The van der Waals surface area contributed by atoms with Crippen LogP contribution in [0.3, 0.4) is 0 Å². The van der Waals surface area contributed by atoms with Crippen molar-refractivity contribution in [1.82, 2.24) is 20.1 Å². The van der Waals surface area contributed by atoms with Crippen LogP contribution in [0.25, 0.3) is 0 Å². The molecule has 0 aliphatic carbocycles. The van der Waals surface area contributed by atoms with E-state index in [1.54, 1.807) is 4.90 Å². The molecule has 1 unspecified atom stereocenters. The number of amides is 4. The Morgan fingerprint density at radius 3 is 2.77 bits per heavy atom. The first kappa shape index (κ1) is 21.0. The third-order valence-corrected chi connectivity index (χ3v) is 5.52. The number of carbonyl (C=O) groups is 3. The van der Waals surface area contributed by atoms with Gasteiger partial charge in [-0.3, -0.25) is 19.5 Å². The van der Waals surface area contributed by atoms with Crippen molar-refractivity contribution < 1.29 is 19.1 Å². The maximum Gasteiger partial charge on any atom is 0.324 e. The molecule has 8 heteroatoms. The summed E-state index contributed by atoms with van der Waals surface area (Å²) < 4.78 is 5.89. The van der Waals surface area contributed by atoms with Gasteiger partial charge in [0.2, 0.25) is 11.8 Å². The molecule has 2 aromatic rings. The van der Waals surface area contributed by atoms with Crippen LogP contribution in [-0.4, -0.2) is 65.4 Å². The van der Waals surface area contributed by atoms with E-state index in [1.165, 1.54) is 5.56 Å². The monoisotopic (exact) mass is 422 g/mol. The van der Waals surface area contributed by atoms with Gasteiger partial charge < -0.3 is 15.0 Å². The fourth-order valence-electron chi connectivity index (χ4n) is 3.85. The molecule has 0 radical (unpaired) electrons. The third kappa shape index (κ3) is 5.27. The summed E-state index contributed by atoms with van der Waals surface area (Å²) in [4.78, 5) is 44.1. The lowest BCUT2D eigenvalue weighted by Gasteiger charge is -2.33. The highest BCUT2D eigenvalue weighted by Crippen LogP contribution is 2.22. The van der Waals surface area contributed by atoms with E-state index in [1.807, 2.05) is 36.4 Å². The molecule has 1 aromatic carbocycles. The van der Waals surface area contributed by atoms with Crippen molar-refractivity contribution in [3.8, 4) is 0 Å². The number of nitrogens with zero attached hydrogens (tertiary/aromatic N) is 3. The van der Waals surface area contributed by atoms with Gasteiger partial charge in [-0.2, -0.15) is 0 Å². The van der Waals surface area contributed by atoms with Crippen molar-refractivity contribution in [3.63, 3.8) is 0 Å². The number of rotatable bonds is 6. The number of hydrogen-bond acceptors (Lipinski definition) is 5. The van der Waals surface area contributed by atoms with Crippen molar-refractivity contribution in [2.75, 3.05) is 32.8 Å². The summed E-state index contributed by atoms with van der Waals surface area (Å²) in [6.07, 6.45) is 0.807. The van der Waals surface area contributed by atoms with Crippen molar-refractivity contribution in [1.29, 1.82) is 0 Å². The summed E-state index contributed by atoms with van der Waals surface area (Å²) in [5.41, 5.74) is 2.94. The predicted molar refractivity (Wildman–Crippen MR) is 113 cm³/mol. The van der Waals surface area contributed by atoms with E-state index in [4.69, 9.17) is 9.72 Å². The molecule has 3 heterocycles. The van der Waals surface area contributed by atoms with E-state index >= 15 is 0 Å². The van der Waals surface area contributed by atoms with Crippen LogP contribution in [0.1, 0.15) is 35.9 Å². The van der Waals surface area contributed by atoms with E-state index in [0.717, 1.165) is 22.7 Å². The zero-order valence-corrected chi connectivity index (χ0v) is 17.3. The molecule has 162 valence electrons. The van der Waals surface area contributed by atoms with Crippen LogP contribution < -0.4 is 5.32 Å². The molecular formula is C23H26N4O4. The SMILES string of the molecule is O=C(CCN1C(=O)CCNC1=O)N1CCOC(c2cccc(Cc3ccccc3)n2)C1. The minimum atomic E-state index is -0.427. The Balaban J connectivity index is 1.36. The van der Waals surface area contributed by atoms with Crippen molar-refractivity contribution >= 4 is 17.8 Å². The van der Waals surface area contributed by atoms with E-state index in [-0.39, 0.29) is 37.3 Å². The van der Waals surface area contributed by atoms with Crippen LogP contribution in [0, 0.1) is 0 Å². The number of urea groups is 1. The summed E-state index contributed by atoms with van der Waals surface area (Å²) in [7, 11) is 0. The zero-order valence-electron chi connectivity index (χ0n) is 17.3. The first-order chi connectivity index (χ1) is 15.1. The topological polar surface area (TPSA) is 91.8 Å². The fourth-order valence-corrected chi connectivity index (χ4v) is 3.85. The van der Waals surface area contributed by atoms with Gasteiger partial charge >= 0.3 is 6.03 Å². The van der Waals surface area contributed by atoms with Gasteiger partial charge in [0.05, 0.1) is 18.8 Å². The molecule has 1 atom stereocenters. The highest BCUT2D eigenvalue weighted by molar-refractivity contribution is 5.97. The Kier molecular flexibility index (Phi) is 6.57. The van der Waals surface area contributed by atoms with Crippen molar-refractivity contribution in [3.05, 3.63) is 65.5 Å². The Bertz CT molecular complexity index is 934. The molecule has 2 fully saturated rings. The molecule has 0 bridgehead atoms. The lowest BCUT2D eigenvalue weighted by atomic mass is 10.1. The second kappa shape index (κ2) is 9.70. The molecule has 1 aromatic heterocycles. The number of aromatic nitrogens is 1. The Hall–Kier alpha value is -3.26. The average Bonchev–Trinajstić information content (AvgIpc) is 2.79. The highest BCUT2D eigenvalue weighted by atomic mass is 16.5. The average molecular weight is 422 g/mol. The van der Waals surface area contributed by atoms with Crippen LogP contribution in [-0.2, 0) is 20.7 Å². The second-order valence-corrected chi connectivity index (χ2v) is 7.69. The summed E-state index contributed by atoms with van der Waals surface area (Å²) in [5, 5.41) is 2.63. The molecule has 1 N–H and O–H groups in total. The van der Waals surface area contributed by atoms with Crippen LogP contribution >= 0.6 is 0 Å². The molecule has 0 saturated carbocycles. The lowest BCUT2D eigenvalue weighted by molar-refractivity contribution is -0.140. The number of nitrogens with one attached hydrogen (secondary N) is 1. The smallest absolute Gasteiger partial charge is 0.324 e. The quantitative estimate of drug-likeness (QED) is 0.768. The number of hydrogen-bond donors (Lipinski definition) is 1. The maximum atomic E-state index is 12.7. The molecule has 31 heavy (non-hydrogen) atoms. The first-order valence-corrected chi connectivity index (χ1v) is 10.6. The molecular weight excluding hydrogens is 396 g/mol. The van der Waals surface area contributed by atoms with Gasteiger partial charge in [-0.25, -0.2) is 4.79 Å². The third-order valence-electron chi connectivity index (χ3n) is 5.52. The van der Waals surface area contributed by atoms with Crippen LogP contribution in [0.2, 0.25) is 0 Å². The number of pyridine rings is 1. The van der Waals surface area contributed by atoms with Crippen molar-refractivity contribution in [2.45, 2.75) is 25.4 Å². The number of morpholine rings is 1. The molecule has 4 amide bonds. The van der Waals surface area contributed by atoms with Gasteiger partial charge in [-0.15, -0.1) is 0 Å². The van der Waals surface area contributed by atoms with Crippen LogP contribution in [0.4, 0.5) is 4.79 Å². The van der Waals surface area contributed by atoms with Crippen LogP contribution in [0.15, 0.2) is 48.5 Å². The summed E-state index contributed by atoms with van der Waals surface area (Å²) in [6.45, 7) is 1.75. The van der Waals surface area contributed by atoms with Gasteiger partial charge in [-0.05, 0) is 17.7 Å². The minimum absolute atomic E-state index is 0.0936. The molecule has 2 saturated heterocycles. The van der Waals surface area contributed by atoms with Gasteiger partial charge in [0.25, 0.3) is 0 Å². The van der Waals surface area contributed by atoms with Crippen LogP contribution in [0.5, 0.6) is 0 Å². The Morgan fingerprint density at radius 2 is 1.97 bits per heavy atom. The van der Waals surface area contributed by atoms with E-state index in [9.17, 15) is 14.4 Å².